The summed E-state index contributed by atoms with van der Waals surface area (Å²) in [5.41, 5.74) is 4.38. The van der Waals surface area contributed by atoms with Crippen molar-refractivity contribution in [3.8, 4) is 28.1 Å². The van der Waals surface area contributed by atoms with Crippen LogP contribution in [0.1, 0.15) is 0 Å². The number of benzene rings is 2. The molecule has 0 amide bonds. The van der Waals surface area contributed by atoms with Crippen molar-refractivity contribution in [1.82, 2.24) is 9.97 Å². The highest BCUT2D eigenvalue weighted by atomic mass is 16.5. The standard InChI is InChI=1S/C16H14N2O/c1-19-16-5-3-2-4-14(16)12-6-8-13(9-7-12)15-10-17-11-18-15/h2-11H,1H3,(H,17,18). The Kier molecular flexibility index (Phi) is 3.02. The summed E-state index contributed by atoms with van der Waals surface area (Å²) in [6.07, 6.45) is 3.50. The first-order valence-corrected chi connectivity index (χ1v) is 6.10. The quantitative estimate of drug-likeness (QED) is 0.768. The minimum atomic E-state index is 0.886. The minimum absolute atomic E-state index is 0.886. The first kappa shape index (κ1) is 11.5. The summed E-state index contributed by atoms with van der Waals surface area (Å²) in [7, 11) is 1.69. The third-order valence-electron chi connectivity index (χ3n) is 3.11. The maximum atomic E-state index is 5.39. The first-order chi connectivity index (χ1) is 9.38. The number of hydrogen-bond donors (Lipinski definition) is 1. The molecular weight excluding hydrogens is 236 g/mol. The minimum Gasteiger partial charge on any atom is -0.496 e. The molecule has 0 aliphatic carbocycles. The summed E-state index contributed by atoms with van der Waals surface area (Å²) in [4.78, 5) is 7.13. The van der Waals surface area contributed by atoms with E-state index in [0.717, 1.165) is 28.1 Å². The first-order valence-electron chi connectivity index (χ1n) is 6.10. The van der Waals surface area contributed by atoms with Crippen LogP contribution in [-0.2, 0) is 0 Å². The lowest BCUT2D eigenvalue weighted by Gasteiger charge is -2.08. The predicted octanol–water partition coefficient (Wildman–Crippen LogP) is 3.75. The molecule has 19 heavy (non-hydrogen) atoms. The molecule has 1 heterocycles. The van der Waals surface area contributed by atoms with Crippen molar-refractivity contribution >= 4 is 0 Å². The second-order valence-corrected chi connectivity index (χ2v) is 4.24. The average Bonchev–Trinajstić information content (AvgIpc) is 3.02. The second kappa shape index (κ2) is 4.98. The van der Waals surface area contributed by atoms with Crippen molar-refractivity contribution in [3.05, 3.63) is 61.1 Å². The van der Waals surface area contributed by atoms with E-state index in [2.05, 4.69) is 40.3 Å². The van der Waals surface area contributed by atoms with Crippen LogP contribution in [0, 0.1) is 0 Å². The van der Waals surface area contributed by atoms with Crippen molar-refractivity contribution in [2.75, 3.05) is 7.11 Å². The summed E-state index contributed by atoms with van der Waals surface area (Å²) < 4.78 is 5.39. The van der Waals surface area contributed by atoms with Gasteiger partial charge in [-0.25, -0.2) is 4.98 Å². The lowest BCUT2D eigenvalue weighted by atomic mass is 10.0. The Morgan fingerprint density at radius 3 is 2.37 bits per heavy atom. The Hall–Kier alpha value is -2.55. The Morgan fingerprint density at radius 2 is 1.68 bits per heavy atom. The third kappa shape index (κ3) is 2.22. The van der Waals surface area contributed by atoms with Crippen LogP contribution in [0.5, 0.6) is 5.75 Å². The Labute approximate surface area is 111 Å². The molecule has 94 valence electrons. The van der Waals surface area contributed by atoms with E-state index in [9.17, 15) is 0 Å². The molecule has 0 radical (unpaired) electrons. The molecule has 0 spiro atoms. The van der Waals surface area contributed by atoms with Crippen LogP contribution >= 0.6 is 0 Å². The topological polar surface area (TPSA) is 37.9 Å². The van der Waals surface area contributed by atoms with Crippen LogP contribution in [0.2, 0.25) is 0 Å². The van der Waals surface area contributed by atoms with Gasteiger partial charge in [0.2, 0.25) is 0 Å². The molecule has 3 nitrogen and oxygen atoms in total. The van der Waals surface area contributed by atoms with Gasteiger partial charge in [0.15, 0.2) is 0 Å². The number of hydrogen-bond acceptors (Lipinski definition) is 2. The van der Waals surface area contributed by atoms with Crippen LogP contribution in [0.15, 0.2) is 61.1 Å². The monoisotopic (exact) mass is 250 g/mol. The van der Waals surface area contributed by atoms with Crippen molar-refractivity contribution < 1.29 is 4.74 Å². The van der Waals surface area contributed by atoms with Gasteiger partial charge < -0.3 is 9.72 Å². The van der Waals surface area contributed by atoms with E-state index in [1.165, 1.54) is 0 Å². The lowest BCUT2D eigenvalue weighted by Crippen LogP contribution is -1.87. The lowest BCUT2D eigenvalue weighted by molar-refractivity contribution is 0.416. The SMILES string of the molecule is COc1ccccc1-c1ccc(-c2cnc[nH]2)cc1. The number of nitrogens with one attached hydrogen (secondary N) is 1. The third-order valence-corrected chi connectivity index (χ3v) is 3.11. The number of aromatic amines is 1. The van der Waals surface area contributed by atoms with Gasteiger partial charge in [0.1, 0.15) is 5.75 Å². The molecule has 0 fully saturated rings. The fourth-order valence-electron chi connectivity index (χ4n) is 2.13. The Bertz CT molecular complexity index is 657. The van der Waals surface area contributed by atoms with E-state index in [0.29, 0.717) is 0 Å². The van der Waals surface area contributed by atoms with Crippen LogP contribution in [0.4, 0.5) is 0 Å². The molecule has 1 aromatic heterocycles. The largest absolute Gasteiger partial charge is 0.496 e. The molecule has 0 aliphatic rings. The smallest absolute Gasteiger partial charge is 0.126 e. The molecule has 1 N–H and O–H groups in total. The number of rotatable bonds is 3. The molecule has 2 aromatic carbocycles. The number of imidazole rings is 1. The van der Waals surface area contributed by atoms with E-state index in [1.807, 2.05) is 24.4 Å². The molecule has 0 bridgehead atoms. The molecule has 0 saturated carbocycles. The number of ether oxygens (including phenoxy) is 1. The van der Waals surface area contributed by atoms with Crippen molar-refractivity contribution in [2.24, 2.45) is 0 Å². The van der Waals surface area contributed by atoms with Gasteiger partial charge in [0, 0.05) is 5.56 Å². The van der Waals surface area contributed by atoms with Gasteiger partial charge in [-0.1, -0.05) is 42.5 Å². The zero-order valence-corrected chi connectivity index (χ0v) is 10.6. The predicted molar refractivity (Wildman–Crippen MR) is 76.0 cm³/mol. The van der Waals surface area contributed by atoms with Crippen molar-refractivity contribution in [1.29, 1.82) is 0 Å². The van der Waals surface area contributed by atoms with Gasteiger partial charge in [-0.2, -0.15) is 0 Å². The van der Waals surface area contributed by atoms with E-state index in [4.69, 9.17) is 4.74 Å². The van der Waals surface area contributed by atoms with Gasteiger partial charge >= 0.3 is 0 Å². The molecule has 0 saturated heterocycles. The molecule has 0 aliphatic heterocycles. The summed E-state index contributed by atoms with van der Waals surface area (Å²) in [6, 6.07) is 16.4. The van der Waals surface area contributed by atoms with E-state index < -0.39 is 0 Å². The van der Waals surface area contributed by atoms with E-state index >= 15 is 0 Å². The highest BCUT2D eigenvalue weighted by Crippen LogP contribution is 2.30. The van der Waals surface area contributed by atoms with Crippen molar-refractivity contribution in [3.63, 3.8) is 0 Å². The molecule has 3 heteroatoms. The van der Waals surface area contributed by atoms with Gasteiger partial charge in [0.05, 0.1) is 25.3 Å². The van der Waals surface area contributed by atoms with Crippen LogP contribution in [-0.4, -0.2) is 17.1 Å². The Morgan fingerprint density at radius 1 is 0.947 bits per heavy atom. The van der Waals surface area contributed by atoms with Crippen molar-refractivity contribution in [2.45, 2.75) is 0 Å². The molecule has 3 rings (SSSR count). The highest BCUT2D eigenvalue weighted by molar-refractivity contribution is 5.73. The van der Waals surface area contributed by atoms with Gasteiger partial charge in [-0.15, -0.1) is 0 Å². The summed E-state index contributed by atoms with van der Waals surface area (Å²) in [5, 5.41) is 0. The maximum absolute atomic E-state index is 5.39. The van der Waals surface area contributed by atoms with Crippen LogP contribution in [0.25, 0.3) is 22.4 Å². The summed E-state index contributed by atoms with van der Waals surface area (Å²) in [6.45, 7) is 0. The van der Waals surface area contributed by atoms with E-state index in [-0.39, 0.29) is 0 Å². The Balaban J connectivity index is 1.99. The fraction of sp³-hybridized carbons (Fsp3) is 0.0625. The molecular formula is C16H14N2O. The normalized spacial score (nSPS) is 10.4. The zero-order valence-electron chi connectivity index (χ0n) is 10.6. The van der Waals surface area contributed by atoms with E-state index in [1.54, 1.807) is 13.4 Å². The number of nitrogens with zero attached hydrogens (tertiary/aromatic N) is 1. The number of para-hydroxylation sites is 1. The van der Waals surface area contributed by atoms with Gasteiger partial charge in [-0.3, -0.25) is 0 Å². The van der Waals surface area contributed by atoms with Crippen LogP contribution < -0.4 is 4.74 Å². The number of aromatic nitrogens is 2. The maximum Gasteiger partial charge on any atom is 0.126 e. The zero-order chi connectivity index (χ0) is 13.1. The molecule has 3 aromatic rings. The fourth-order valence-corrected chi connectivity index (χ4v) is 2.13. The number of methoxy groups -OCH3 is 1. The second-order valence-electron chi connectivity index (χ2n) is 4.24. The average molecular weight is 250 g/mol. The van der Waals surface area contributed by atoms with Crippen LogP contribution in [0.3, 0.4) is 0 Å². The summed E-state index contributed by atoms with van der Waals surface area (Å²) in [5.74, 6) is 0.886. The summed E-state index contributed by atoms with van der Waals surface area (Å²) >= 11 is 0. The highest BCUT2D eigenvalue weighted by Gasteiger charge is 2.05. The van der Waals surface area contributed by atoms with Gasteiger partial charge in [-0.05, 0) is 17.2 Å². The molecule has 0 atom stereocenters. The number of H-pyrrole nitrogens is 1. The molecule has 0 unspecified atom stereocenters. The van der Waals surface area contributed by atoms with Gasteiger partial charge in [0.25, 0.3) is 0 Å².